The first kappa shape index (κ1) is 13.6. The second-order valence-corrected chi connectivity index (χ2v) is 5.52. The molecule has 0 radical (unpaired) electrons. The minimum absolute atomic E-state index is 0.177. The summed E-state index contributed by atoms with van der Waals surface area (Å²) in [6, 6.07) is 9.01. The molecule has 0 aromatic heterocycles. The van der Waals surface area contributed by atoms with E-state index in [0.29, 0.717) is 6.04 Å². The Labute approximate surface area is 110 Å². The van der Waals surface area contributed by atoms with E-state index in [1.54, 1.807) is 0 Å². The fourth-order valence-electron chi connectivity index (χ4n) is 2.82. The summed E-state index contributed by atoms with van der Waals surface area (Å²) in [5.74, 6) is 0. The summed E-state index contributed by atoms with van der Waals surface area (Å²) >= 11 is 0. The van der Waals surface area contributed by atoms with Gasteiger partial charge < -0.3 is 10.4 Å². The summed E-state index contributed by atoms with van der Waals surface area (Å²) < 4.78 is 0. The second-order valence-electron chi connectivity index (χ2n) is 5.52. The van der Waals surface area contributed by atoms with Crippen molar-refractivity contribution in [3.63, 3.8) is 0 Å². The van der Waals surface area contributed by atoms with Crippen molar-refractivity contribution in [1.82, 2.24) is 5.32 Å². The molecule has 1 aromatic carbocycles. The van der Waals surface area contributed by atoms with Crippen LogP contribution in [0.2, 0.25) is 0 Å². The van der Waals surface area contributed by atoms with Crippen LogP contribution in [0.1, 0.15) is 56.3 Å². The molecule has 2 unspecified atom stereocenters. The standard InChI is InChI=1S/C16H25NO/c1-3-15(17-14-6-4-5-7-14)16(18)13-10-8-12(2)9-11-13/h8-11,14-18H,3-7H2,1-2H3. The summed E-state index contributed by atoms with van der Waals surface area (Å²) in [6.45, 7) is 4.22. The molecular weight excluding hydrogens is 222 g/mol. The second kappa shape index (κ2) is 6.35. The third-order valence-corrected chi connectivity index (χ3v) is 4.04. The number of hydrogen-bond donors (Lipinski definition) is 2. The molecule has 0 saturated heterocycles. The van der Waals surface area contributed by atoms with Crippen LogP contribution in [0.5, 0.6) is 0 Å². The van der Waals surface area contributed by atoms with Gasteiger partial charge in [-0.15, -0.1) is 0 Å². The highest BCUT2D eigenvalue weighted by Gasteiger charge is 2.24. The molecule has 2 nitrogen and oxygen atoms in total. The van der Waals surface area contributed by atoms with Gasteiger partial charge >= 0.3 is 0 Å². The van der Waals surface area contributed by atoms with Crippen LogP contribution in [0, 0.1) is 6.92 Å². The lowest BCUT2D eigenvalue weighted by Gasteiger charge is -2.26. The minimum Gasteiger partial charge on any atom is -0.387 e. The summed E-state index contributed by atoms with van der Waals surface area (Å²) in [5, 5.41) is 14.1. The fraction of sp³-hybridized carbons (Fsp3) is 0.625. The quantitative estimate of drug-likeness (QED) is 0.836. The molecule has 1 saturated carbocycles. The number of rotatable bonds is 5. The fourth-order valence-corrected chi connectivity index (χ4v) is 2.82. The highest BCUT2D eigenvalue weighted by molar-refractivity contribution is 5.24. The molecule has 1 aliphatic carbocycles. The first-order valence-corrected chi connectivity index (χ1v) is 7.21. The van der Waals surface area contributed by atoms with E-state index in [1.807, 2.05) is 12.1 Å². The number of aryl methyl sites for hydroxylation is 1. The van der Waals surface area contributed by atoms with Gasteiger partial charge in [-0.25, -0.2) is 0 Å². The van der Waals surface area contributed by atoms with Crippen molar-refractivity contribution in [1.29, 1.82) is 0 Å². The van der Waals surface area contributed by atoms with Crippen molar-refractivity contribution >= 4 is 0 Å². The molecule has 2 heteroatoms. The molecule has 2 atom stereocenters. The Morgan fingerprint density at radius 1 is 1.22 bits per heavy atom. The molecule has 0 spiro atoms. The maximum Gasteiger partial charge on any atom is 0.0942 e. The van der Waals surface area contributed by atoms with Crippen molar-refractivity contribution in [3.8, 4) is 0 Å². The van der Waals surface area contributed by atoms with Gasteiger partial charge in [0.25, 0.3) is 0 Å². The van der Waals surface area contributed by atoms with E-state index in [-0.39, 0.29) is 6.04 Å². The maximum absolute atomic E-state index is 10.5. The number of nitrogens with one attached hydrogen (secondary N) is 1. The number of hydrogen-bond acceptors (Lipinski definition) is 2. The highest BCUT2D eigenvalue weighted by atomic mass is 16.3. The maximum atomic E-state index is 10.5. The number of aliphatic hydroxyl groups excluding tert-OH is 1. The van der Waals surface area contributed by atoms with Crippen molar-refractivity contribution in [2.75, 3.05) is 0 Å². The summed E-state index contributed by atoms with van der Waals surface area (Å²) in [6.07, 6.45) is 5.75. The predicted molar refractivity (Wildman–Crippen MR) is 75.6 cm³/mol. The van der Waals surface area contributed by atoms with Gasteiger partial charge in [-0.2, -0.15) is 0 Å². The first-order valence-electron chi connectivity index (χ1n) is 7.21. The molecule has 18 heavy (non-hydrogen) atoms. The normalized spacial score (nSPS) is 19.9. The third kappa shape index (κ3) is 3.33. The van der Waals surface area contributed by atoms with Gasteiger partial charge in [0.15, 0.2) is 0 Å². The van der Waals surface area contributed by atoms with E-state index in [0.717, 1.165) is 12.0 Å². The van der Waals surface area contributed by atoms with Crippen molar-refractivity contribution in [2.45, 2.75) is 64.1 Å². The van der Waals surface area contributed by atoms with E-state index in [2.05, 4.69) is 31.3 Å². The number of benzene rings is 1. The molecule has 1 fully saturated rings. The Hall–Kier alpha value is -0.860. The van der Waals surface area contributed by atoms with E-state index in [4.69, 9.17) is 0 Å². The average molecular weight is 247 g/mol. The topological polar surface area (TPSA) is 32.3 Å². The van der Waals surface area contributed by atoms with Crippen molar-refractivity contribution in [2.24, 2.45) is 0 Å². The lowest BCUT2D eigenvalue weighted by atomic mass is 9.98. The van der Waals surface area contributed by atoms with Crippen LogP contribution in [-0.4, -0.2) is 17.2 Å². The van der Waals surface area contributed by atoms with E-state index >= 15 is 0 Å². The van der Waals surface area contributed by atoms with E-state index in [1.165, 1.54) is 31.2 Å². The Bertz CT molecular complexity index is 354. The van der Waals surface area contributed by atoms with Gasteiger partial charge in [-0.05, 0) is 31.7 Å². The minimum atomic E-state index is -0.392. The lowest BCUT2D eigenvalue weighted by Crippen LogP contribution is -2.40. The van der Waals surface area contributed by atoms with Gasteiger partial charge in [-0.1, -0.05) is 49.6 Å². The van der Waals surface area contributed by atoms with Crippen LogP contribution in [0.3, 0.4) is 0 Å². The van der Waals surface area contributed by atoms with E-state index < -0.39 is 6.10 Å². The van der Waals surface area contributed by atoms with Gasteiger partial charge in [-0.3, -0.25) is 0 Å². The zero-order valence-corrected chi connectivity index (χ0v) is 11.5. The van der Waals surface area contributed by atoms with Gasteiger partial charge in [0, 0.05) is 12.1 Å². The van der Waals surface area contributed by atoms with Crippen molar-refractivity contribution in [3.05, 3.63) is 35.4 Å². The Kier molecular flexibility index (Phi) is 4.79. The van der Waals surface area contributed by atoms with Crippen LogP contribution >= 0.6 is 0 Å². The molecule has 1 aliphatic rings. The molecule has 0 amide bonds. The molecule has 2 N–H and O–H groups in total. The molecule has 100 valence electrons. The highest BCUT2D eigenvalue weighted by Crippen LogP contribution is 2.24. The third-order valence-electron chi connectivity index (χ3n) is 4.04. The zero-order chi connectivity index (χ0) is 13.0. The van der Waals surface area contributed by atoms with Crippen LogP contribution in [0.25, 0.3) is 0 Å². The molecule has 0 aliphatic heterocycles. The summed E-state index contributed by atoms with van der Waals surface area (Å²) in [5.41, 5.74) is 2.26. The monoisotopic (exact) mass is 247 g/mol. The summed E-state index contributed by atoms with van der Waals surface area (Å²) in [7, 11) is 0. The summed E-state index contributed by atoms with van der Waals surface area (Å²) in [4.78, 5) is 0. The Balaban J connectivity index is 1.99. The largest absolute Gasteiger partial charge is 0.387 e. The molecular formula is C16H25NO. The van der Waals surface area contributed by atoms with Crippen molar-refractivity contribution < 1.29 is 5.11 Å². The van der Waals surface area contributed by atoms with Crippen LogP contribution in [0.4, 0.5) is 0 Å². The first-order chi connectivity index (χ1) is 8.70. The number of aliphatic hydroxyl groups is 1. The molecule has 1 aromatic rings. The Morgan fingerprint density at radius 2 is 1.83 bits per heavy atom. The molecule has 0 heterocycles. The average Bonchev–Trinajstić information content (AvgIpc) is 2.89. The lowest BCUT2D eigenvalue weighted by molar-refractivity contribution is 0.119. The zero-order valence-electron chi connectivity index (χ0n) is 11.5. The molecule has 0 bridgehead atoms. The Morgan fingerprint density at radius 3 is 2.39 bits per heavy atom. The SMILES string of the molecule is CCC(NC1CCCC1)C(O)c1ccc(C)cc1. The molecule has 2 rings (SSSR count). The van der Waals surface area contributed by atoms with Gasteiger partial charge in [0.1, 0.15) is 0 Å². The van der Waals surface area contributed by atoms with Gasteiger partial charge in [0.05, 0.1) is 6.10 Å². The van der Waals surface area contributed by atoms with Crippen LogP contribution in [0.15, 0.2) is 24.3 Å². The van der Waals surface area contributed by atoms with Crippen LogP contribution in [-0.2, 0) is 0 Å². The smallest absolute Gasteiger partial charge is 0.0942 e. The predicted octanol–water partition coefficient (Wildman–Crippen LogP) is 3.34. The van der Waals surface area contributed by atoms with E-state index in [9.17, 15) is 5.11 Å². The van der Waals surface area contributed by atoms with Gasteiger partial charge in [0.2, 0.25) is 0 Å². The van der Waals surface area contributed by atoms with Crippen LogP contribution < -0.4 is 5.32 Å².